The van der Waals surface area contributed by atoms with Gasteiger partial charge in [0.2, 0.25) is 0 Å². The maximum absolute atomic E-state index is 4.47. The van der Waals surface area contributed by atoms with Crippen molar-refractivity contribution in [3.05, 3.63) is 17.5 Å². The zero-order valence-electron chi connectivity index (χ0n) is 9.67. The number of hydrogen-bond acceptors (Lipinski definition) is 2. The van der Waals surface area contributed by atoms with Crippen LogP contribution in [-0.4, -0.2) is 16.3 Å². The van der Waals surface area contributed by atoms with Crippen molar-refractivity contribution in [3.63, 3.8) is 0 Å². The number of hydrogen-bond donors (Lipinski definition) is 1. The van der Waals surface area contributed by atoms with Crippen molar-refractivity contribution in [1.29, 1.82) is 0 Å². The van der Waals surface area contributed by atoms with Crippen molar-refractivity contribution in [2.45, 2.75) is 39.7 Å². The minimum Gasteiger partial charge on any atom is -0.311 e. The first kappa shape index (κ1) is 11.2. The monoisotopic (exact) mass is 195 g/mol. The second kappa shape index (κ2) is 5.15. The summed E-state index contributed by atoms with van der Waals surface area (Å²) in [4.78, 5) is 0. The molecule has 3 heteroatoms. The molecule has 0 unspecified atom stereocenters. The van der Waals surface area contributed by atoms with Crippen LogP contribution >= 0.6 is 0 Å². The molecule has 1 aromatic rings. The Morgan fingerprint density at radius 3 is 2.71 bits per heavy atom. The summed E-state index contributed by atoms with van der Waals surface area (Å²) >= 11 is 0. The minimum atomic E-state index is 0.515. The van der Waals surface area contributed by atoms with E-state index in [1.807, 2.05) is 11.7 Å². The summed E-state index contributed by atoms with van der Waals surface area (Å²) in [7, 11) is 2.01. The highest BCUT2D eigenvalue weighted by Gasteiger charge is 2.07. The number of rotatable bonds is 5. The summed E-state index contributed by atoms with van der Waals surface area (Å²) in [6.45, 7) is 8.51. The molecule has 0 aromatic carbocycles. The topological polar surface area (TPSA) is 29.9 Å². The Morgan fingerprint density at radius 2 is 2.21 bits per heavy atom. The zero-order valence-corrected chi connectivity index (χ0v) is 9.67. The molecule has 1 heterocycles. The van der Waals surface area contributed by atoms with Crippen LogP contribution in [0.4, 0.5) is 0 Å². The predicted molar refractivity (Wildman–Crippen MR) is 59.3 cm³/mol. The van der Waals surface area contributed by atoms with Crippen LogP contribution in [0.1, 0.15) is 44.5 Å². The fourth-order valence-corrected chi connectivity index (χ4v) is 1.37. The van der Waals surface area contributed by atoms with Crippen molar-refractivity contribution in [3.8, 4) is 0 Å². The smallest absolute Gasteiger partial charge is 0.0653 e. The average Bonchev–Trinajstić information content (AvgIpc) is 2.49. The van der Waals surface area contributed by atoms with E-state index >= 15 is 0 Å². The first-order chi connectivity index (χ1) is 6.65. The number of aromatic nitrogens is 2. The summed E-state index contributed by atoms with van der Waals surface area (Å²) < 4.78 is 1.97. The predicted octanol–water partition coefficient (Wildman–Crippen LogP) is 2.04. The minimum absolute atomic E-state index is 0.515. The lowest BCUT2D eigenvalue weighted by molar-refractivity contribution is 0.615. The van der Waals surface area contributed by atoms with Crippen molar-refractivity contribution < 1.29 is 0 Å². The lowest BCUT2D eigenvalue weighted by atomic mass is 10.1. The number of nitrogens with one attached hydrogen (secondary N) is 1. The largest absolute Gasteiger partial charge is 0.311 e. The third-order valence-corrected chi connectivity index (χ3v) is 2.32. The second-order valence-corrected chi connectivity index (χ2v) is 4.02. The van der Waals surface area contributed by atoms with Gasteiger partial charge >= 0.3 is 0 Å². The third kappa shape index (κ3) is 2.84. The van der Waals surface area contributed by atoms with Crippen molar-refractivity contribution >= 4 is 0 Å². The normalized spacial score (nSPS) is 11.2. The molecule has 1 N–H and O–H groups in total. The van der Waals surface area contributed by atoms with Crippen LogP contribution in [0, 0.1) is 0 Å². The maximum Gasteiger partial charge on any atom is 0.0653 e. The molecule has 0 bridgehead atoms. The van der Waals surface area contributed by atoms with E-state index in [9.17, 15) is 0 Å². The fraction of sp³-hybridized carbons (Fsp3) is 0.727. The maximum atomic E-state index is 4.47. The molecule has 0 aliphatic heterocycles. The first-order valence-electron chi connectivity index (χ1n) is 5.38. The van der Waals surface area contributed by atoms with Crippen LogP contribution in [0.3, 0.4) is 0 Å². The Bertz CT molecular complexity index is 276. The zero-order chi connectivity index (χ0) is 10.6. The molecule has 0 radical (unpaired) electrons. The van der Waals surface area contributed by atoms with E-state index in [-0.39, 0.29) is 0 Å². The number of nitrogens with zero attached hydrogens (tertiary/aromatic N) is 2. The molecule has 0 saturated carbocycles. The van der Waals surface area contributed by atoms with Gasteiger partial charge in [0.15, 0.2) is 0 Å². The van der Waals surface area contributed by atoms with Gasteiger partial charge in [-0.1, -0.05) is 20.8 Å². The van der Waals surface area contributed by atoms with E-state index in [4.69, 9.17) is 0 Å². The van der Waals surface area contributed by atoms with Gasteiger partial charge in [-0.3, -0.25) is 4.68 Å². The molecule has 1 rings (SSSR count). The van der Waals surface area contributed by atoms with E-state index < -0.39 is 0 Å². The number of aryl methyl sites for hydroxylation is 1. The molecule has 14 heavy (non-hydrogen) atoms. The van der Waals surface area contributed by atoms with E-state index in [1.54, 1.807) is 0 Å². The van der Waals surface area contributed by atoms with E-state index in [1.165, 1.54) is 17.8 Å². The quantitative estimate of drug-likeness (QED) is 0.729. The van der Waals surface area contributed by atoms with Gasteiger partial charge in [-0.2, -0.15) is 5.10 Å². The Balaban J connectivity index is 2.58. The molecule has 0 fully saturated rings. The molecule has 80 valence electrons. The van der Waals surface area contributed by atoms with Crippen molar-refractivity contribution in [1.82, 2.24) is 15.1 Å². The van der Waals surface area contributed by atoms with Crippen LogP contribution in [0.5, 0.6) is 0 Å². The van der Waals surface area contributed by atoms with Crippen molar-refractivity contribution in [2.75, 3.05) is 6.54 Å². The lowest BCUT2D eigenvalue weighted by Gasteiger charge is -2.02. The van der Waals surface area contributed by atoms with Gasteiger partial charge in [-0.25, -0.2) is 0 Å². The van der Waals surface area contributed by atoms with Gasteiger partial charge in [0, 0.05) is 13.6 Å². The van der Waals surface area contributed by atoms with Gasteiger partial charge in [0.1, 0.15) is 0 Å². The highest BCUT2D eigenvalue weighted by atomic mass is 15.3. The molecule has 1 aromatic heterocycles. The molecule has 0 spiro atoms. The van der Waals surface area contributed by atoms with Crippen LogP contribution in [0.15, 0.2) is 6.07 Å². The summed E-state index contributed by atoms with van der Waals surface area (Å²) in [6.07, 6.45) is 1.18. The summed E-state index contributed by atoms with van der Waals surface area (Å²) in [6, 6.07) is 2.19. The highest BCUT2D eigenvalue weighted by Crippen LogP contribution is 2.13. The Labute approximate surface area is 86.5 Å². The molecular weight excluding hydrogens is 174 g/mol. The SMILES string of the molecule is CCCNCc1cc(C(C)C)nn1C. The van der Waals surface area contributed by atoms with Gasteiger partial charge in [0.05, 0.1) is 11.4 Å². The third-order valence-electron chi connectivity index (χ3n) is 2.32. The lowest BCUT2D eigenvalue weighted by Crippen LogP contribution is -2.16. The Kier molecular flexibility index (Phi) is 4.14. The Morgan fingerprint density at radius 1 is 1.50 bits per heavy atom. The van der Waals surface area contributed by atoms with Gasteiger partial charge in [-0.15, -0.1) is 0 Å². The summed E-state index contributed by atoms with van der Waals surface area (Å²) in [5.74, 6) is 0.515. The van der Waals surface area contributed by atoms with Crippen LogP contribution in [0.2, 0.25) is 0 Å². The first-order valence-corrected chi connectivity index (χ1v) is 5.38. The standard InChI is InChI=1S/C11H21N3/c1-5-6-12-8-10-7-11(9(2)3)13-14(10)4/h7,9,12H,5-6,8H2,1-4H3. The van der Waals surface area contributed by atoms with Crippen LogP contribution < -0.4 is 5.32 Å². The second-order valence-electron chi connectivity index (χ2n) is 4.02. The molecule has 0 aliphatic carbocycles. The van der Waals surface area contributed by atoms with Gasteiger partial charge < -0.3 is 5.32 Å². The molecule has 3 nitrogen and oxygen atoms in total. The summed E-state index contributed by atoms with van der Waals surface area (Å²) in [5, 5.41) is 7.85. The van der Waals surface area contributed by atoms with Gasteiger partial charge in [0.25, 0.3) is 0 Å². The molecule has 0 atom stereocenters. The van der Waals surface area contributed by atoms with Crippen LogP contribution in [0.25, 0.3) is 0 Å². The fourth-order valence-electron chi connectivity index (χ4n) is 1.37. The van der Waals surface area contributed by atoms with Gasteiger partial charge in [-0.05, 0) is 24.9 Å². The average molecular weight is 195 g/mol. The molecule has 0 aliphatic rings. The highest BCUT2D eigenvalue weighted by molar-refractivity contribution is 5.13. The molecule has 0 amide bonds. The van der Waals surface area contributed by atoms with Crippen LogP contribution in [-0.2, 0) is 13.6 Å². The van der Waals surface area contributed by atoms with E-state index in [2.05, 4.69) is 37.3 Å². The van der Waals surface area contributed by atoms with E-state index in [0.29, 0.717) is 5.92 Å². The molecular formula is C11H21N3. The summed E-state index contributed by atoms with van der Waals surface area (Å²) in [5.41, 5.74) is 2.45. The van der Waals surface area contributed by atoms with E-state index in [0.717, 1.165) is 13.1 Å². The Hall–Kier alpha value is -0.830. The molecule has 0 saturated heterocycles. The van der Waals surface area contributed by atoms with Crippen molar-refractivity contribution in [2.24, 2.45) is 7.05 Å².